The summed E-state index contributed by atoms with van der Waals surface area (Å²) >= 11 is 6.35. The largest absolute Gasteiger partial charge is 0.452 e. The van der Waals surface area contributed by atoms with E-state index in [4.69, 9.17) is 20.8 Å². The molecule has 3 aromatic rings. The zero-order valence-electron chi connectivity index (χ0n) is 15.9. The van der Waals surface area contributed by atoms with Gasteiger partial charge in [0.15, 0.2) is 6.61 Å². The fraction of sp³-hybridized carbons (Fsp3) is 0.300. The van der Waals surface area contributed by atoms with Crippen molar-refractivity contribution in [2.24, 2.45) is 5.92 Å². The van der Waals surface area contributed by atoms with Gasteiger partial charge in [-0.15, -0.1) is 10.2 Å². The third kappa shape index (κ3) is 4.86. The van der Waals surface area contributed by atoms with E-state index in [1.807, 2.05) is 37.3 Å². The molecule has 28 heavy (non-hydrogen) atoms. The molecule has 0 spiro atoms. The van der Waals surface area contributed by atoms with Crippen molar-refractivity contribution in [1.29, 1.82) is 0 Å². The van der Waals surface area contributed by atoms with Gasteiger partial charge in [0, 0.05) is 23.7 Å². The molecule has 2 heterocycles. The van der Waals surface area contributed by atoms with Crippen LogP contribution in [-0.4, -0.2) is 25.9 Å². The number of nitrogens with zero attached hydrogens (tertiary/aromatic N) is 4. The fourth-order valence-corrected chi connectivity index (χ4v) is 2.87. The molecule has 0 unspecified atom stereocenters. The van der Waals surface area contributed by atoms with Gasteiger partial charge >= 0.3 is 5.97 Å². The highest BCUT2D eigenvalue weighted by molar-refractivity contribution is 6.31. The van der Waals surface area contributed by atoms with Crippen molar-refractivity contribution in [1.82, 2.24) is 20.0 Å². The maximum Gasteiger partial charge on any atom is 0.331 e. The quantitative estimate of drug-likeness (QED) is 0.434. The van der Waals surface area contributed by atoms with E-state index in [1.54, 1.807) is 10.8 Å². The number of aryl methyl sites for hydroxylation is 1. The normalized spacial score (nSPS) is 11.5. The predicted octanol–water partition coefficient (Wildman–Crippen LogP) is 4.31. The Morgan fingerprint density at radius 3 is 2.75 bits per heavy atom. The molecule has 0 radical (unpaired) electrons. The van der Waals surface area contributed by atoms with Crippen LogP contribution in [0.1, 0.15) is 31.0 Å². The monoisotopic (exact) mass is 400 g/mol. The standard InChI is InChI=1S/C20H21ClN4O3/c1-13(2)11-25-19(21)16(14(3)24-25)9-10-18(26)27-12-17-22-23-20(28-17)15-7-5-4-6-8-15/h4-10,13H,11-12H2,1-3H3/b10-9+. The van der Waals surface area contributed by atoms with Gasteiger partial charge in [-0.05, 0) is 31.1 Å². The zero-order valence-corrected chi connectivity index (χ0v) is 16.7. The molecule has 0 aliphatic carbocycles. The van der Waals surface area contributed by atoms with E-state index in [1.165, 1.54) is 6.08 Å². The Hall–Kier alpha value is -2.93. The first-order chi connectivity index (χ1) is 13.4. The van der Waals surface area contributed by atoms with Gasteiger partial charge in [-0.25, -0.2) is 4.79 Å². The summed E-state index contributed by atoms with van der Waals surface area (Å²) in [5.74, 6) is 0.474. The molecule has 0 saturated carbocycles. The second kappa shape index (κ2) is 8.84. The molecule has 7 nitrogen and oxygen atoms in total. The predicted molar refractivity (Wildman–Crippen MR) is 105 cm³/mol. The van der Waals surface area contributed by atoms with Crippen LogP contribution >= 0.6 is 11.6 Å². The minimum absolute atomic E-state index is 0.109. The molecule has 2 aromatic heterocycles. The van der Waals surface area contributed by atoms with Crippen LogP contribution in [0.2, 0.25) is 5.15 Å². The summed E-state index contributed by atoms with van der Waals surface area (Å²) in [6, 6.07) is 9.37. The van der Waals surface area contributed by atoms with Crippen LogP contribution in [0.15, 0.2) is 40.8 Å². The number of halogens is 1. The molecule has 0 amide bonds. The maximum absolute atomic E-state index is 12.0. The zero-order chi connectivity index (χ0) is 20.1. The second-order valence-electron chi connectivity index (χ2n) is 6.67. The van der Waals surface area contributed by atoms with Crippen molar-refractivity contribution < 1.29 is 13.9 Å². The molecule has 0 aliphatic heterocycles. The lowest BCUT2D eigenvalue weighted by atomic mass is 10.2. The Balaban J connectivity index is 1.59. The van der Waals surface area contributed by atoms with E-state index in [-0.39, 0.29) is 12.5 Å². The highest BCUT2D eigenvalue weighted by Gasteiger charge is 2.13. The average Bonchev–Trinajstić information content (AvgIpc) is 3.24. The van der Waals surface area contributed by atoms with Gasteiger partial charge in [-0.3, -0.25) is 4.68 Å². The van der Waals surface area contributed by atoms with Crippen molar-refractivity contribution in [3.05, 3.63) is 58.7 Å². The Morgan fingerprint density at radius 1 is 1.29 bits per heavy atom. The van der Waals surface area contributed by atoms with Crippen LogP contribution in [0.5, 0.6) is 0 Å². The molecule has 0 saturated heterocycles. The van der Waals surface area contributed by atoms with Crippen LogP contribution in [0.3, 0.4) is 0 Å². The van der Waals surface area contributed by atoms with Gasteiger partial charge in [0.05, 0.1) is 5.69 Å². The molecule has 1 aromatic carbocycles. The summed E-state index contributed by atoms with van der Waals surface area (Å²) in [5, 5.41) is 12.7. The molecule has 3 rings (SSSR count). The van der Waals surface area contributed by atoms with Gasteiger partial charge < -0.3 is 9.15 Å². The highest BCUT2D eigenvalue weighted by Crippen LogP contribution is 2.22. The first-order valence-electron chi connectivity index (χ1n) is 8.89. The number of rotatable bonds is 7. The summed E-state index contributed by atoms with van der Waals surface area (Å²) in [5.41, 5.74) is 2.25. The maximum atomic E-state index is 12.0. The van der Waals surface area contributed by atoms with E-state index in [2.05, 4.69) is 29.1 Å². The number of benzene rings is 1. The lowest BCUT2D eigenvalue weighted by Crippen LogP contribution is -2.06. The van der Waals surface area contributed by atoms with E-state index in [0.29, 0.717) is 29.1 Å². The Morgan fingerprint density at radius 2 is 2.04 bits per heavy atom. The smallest absolute Gasteiger partial charge is 0.331 e. The molecule has 0 N–H and O–H groups in total. The molecule has 0 aliphatic rings. The third-order valence-corrected chi connectivity index (χ3v) is 4.26. The molecule has 0 atom stereocenters. The summed E-state index contributed by atoms with van der Waals surface area (Å²) < 4.78 is 12.4. The number of carbonyl (C=O) groups is 1. The van der Waals surface area contributed by atoms with E-state index >= 15 is 0 Å². The van der Waals surface area contributed by atoms with Crippen molar-refractivity contribution in [2.45, 2.75) is 33.9 Å². The molecule has 0 fully saturated rings. The Labute approximate surface area is 168 Å². The van der Waals surface area contributed by atoms with Crippen molar-refractivity contribution in [3.63, 3.8) is 0 Å². The topological polar surface area (TPSA) is 83.0 Å². The first kappa shape index (κ1) is 19.8. The molecule has 8 heteroatoms. The van der Waals surface area contributed by atoms with Crippen LogP contribution in [0, 0.1) is 12.8 Å². The number of esters is 1. The van der Waals surface area contributed by atoms with Gasteiger partial charge in [-0.1, -0.05) is 43.6 Å². The van der Waals surface area contributed by atoms with Crippen molar-refractivity contribution >= 4 is 23.6 Å². The van der Waals surface area contributed by atoms with Crippen molar-refractivity contribution in [3.8, 4) is 11.5 Å². The molecule has 0 bridgehead atoms. The summed E-state index contributed by atoms with van der Waals surface area (Å²) in [6.45, 7) is 6.61. The summed E-state index contributed by atoms with van der Waals surface area (Å²) in [7, 11) is 0. The molecule has 146 valence electrons. The van der Waals surface area contributed by atoms with Crippen molar-refractivity contribution in [2.75, 3.05) is 0 Å². The molecular formula is C20H21ClN4O3. The SMILES string of the molecule is Cc1nn(CC(C)C)c(Cl)c1/C=C/C(=O)OCc1nnc(-c2ccccc2)o1. The van der Waals surface area contributed by atoms with Gasteiger partial charge in [0.25, 0.3) is 5.89 Å². The highest BCUT2D eigenvalue weighted by atomic mass is 35.5. The fourth-order valence-electron chi connectivity index (χ4n) is 2.57. The Kier molecular flexibility index (Phi) is 6.26. The Bertz CT molecular complexity index is 977. The number of hydrogen-bond donors (Lipinski definition) is 0. The minimum Gasteiger partial charge on any atom is -0.452 e. The number of hydrogen-bond acceptors (Lipinski definition) is 6. The lowest BCUT2D eigenvalue weighted by Gasteiger charge is -2.05. The molecular weight excluding hydrogens is 380 g/mol. The van der Waals surface area contributed by atoms with E-state index < -0.39 is 5.97 Å². The number of ether oxygens (including phenoxy) is 1. The average molecular weight is 401 g/mol. The van der Waals surface area contributed by atoms with E-state index in [9.17, 15) is 4.79 Å². The van der Waals surface area contributed by atoms with Gasteiger partial charge in [0.1, 0.15) is 5.15 Å². The summed E-state index contributed by atoms with van der Waals surface area (Å²) in [6.07, 6.45) is 2.91. The van der Waals surface area contributed by atoms with Gasteiger partial charge in [0.2, 0.25) is 5.89 Å². The third-order valence-electron chi connectivity index (χ3n) is 3.86. The second-order valence-corrected chi connectivity index (χ2v) is 7.03. The van der Waals surface area contributed by atoms with Crippen LogP contribution in [0.25, 0.3) is 17.5 Å². The first-order valence-corrected chi connectivity index (χ1v) is 9.27. The van der Waals surface area contributed by atoms with Gasteiger partial charge in [-0.2, -0.15) is 5.10 Å². The number of carbonyl (C=O) groups excluding carboxylic acids is 1. The van der Waals surface area contributed by atoms with Crippen LogP contribution < -0.4 is 0 Å². The lowest BCUT2D eigenvalue weighted by molar-refractivity contribution is -0.139. The van der Waals surface area contributed by atoms with Crippen LogP contribution in [-0.2, 0) is 22.7 Å². The summed E-state index contributed by atoms with van der Waals surface area (Å²) in [4.78, 5) is 12.0. The minimum atomic E-state index is -0.536. The number of aromatic nitrogens is 4. The van der Waals surface area contributed by atoms with Crippen LogP contribution in [0.4, 0.5) is 0 Å². The van der Waals surface area contributed by atoms with E-state index in [0.717, 1.165) is 11.3 Å².